The summed E-state index contributed by atoms with van der Waals surface area (Å²) in [6.07, 6.45) is 1.43. The summed E-state index contributed by atoms with van der Waals surface area (Å²) < 4.78 is 10.7. The highest BCUT2D eigenvalue weighted by Crippen LogP contribution is 2.46. The molecule has 3 amide bonds. The van der Waals surface area contributed by atoms with E-state index in [1.54, 1.807) is 14.0 Å². The van der Waals surface area contributed by atoms with Gasteiger partial charge in [0.05, 0.1) is 18.9 Å². The lowest BCUT2D eigenvalue weighted by atomic mass is 9.87. The number of carbonyl (C=O) groups is 2. The fourth-order valence-corrected chi connectivity index (χ4v) is 5.08. The minimum absolute atomic E-state index is 0.0165. The zero-order valence-electron chi connectivity index (χ0n) is 22.6. The Kier molecular flexibility index (Phi) is 6.86. The maximum Gasteiger partial charge on any atom is 0.318 e. The van der Waals surface area contributed by atoms with E-state index in [1.165, 1.54) is 5.56 Å². The third kappa shape index (κ3) is 5.51. The van der Waals surface area contributed by atoms with E-state index in [0.29, 0.717) is 37.8 Å². The highest BCUT2D eigenvalue weighted by molar-refractivity contribution is 5.83. The van der Waals surface area contributed by atoms with Gasteiger partial charge in [-0.05, 0) is 80.5 Å². The molecule has 1 fully saturated rings. The van der Waals surface area contributed by atoms with Crippen LogP contribution >= 0.6 is 0 Å². The lowest BCUT2D eigenvalue weighted by Gasteiger charge is -2.34. The van der Waals surface area contributed by atoms with Crippen LogP contribution in [0.5, 0.6) is 5.75 Å². The van der Waals surface area contributed by atoms with Crippen LogP contribution in [-0.4, -0.2) is 46.2 Å². The van der Waals surface area contributed by atoms with E-state index >= 15 is 0 Å². The van der Waals surface area contributed by atoms with E-state index in [-0.39, 0.29) is 29.3 Å². The van der Waals surface area contributed by atoms with E-state index in [0.717, 1.165) is 34.4 Å². The van der Waals surface area contributed by atoms with Gasteiger partial charge in [-0.15, -0.1) is 0 Å². The summed E-state index contributed by atoms with van der Waals surface area (Å²) >= 11 is 0. The lowest BCUT2D eigenvalue weighted by Crippen LogP contribution is -2.50. The maximum absolute atomic E-state index is 13.0. The third-order valence-corrected chi connectivity index (χ3v) is 7.10. The van der Waals surface area contributed by atoms with Crippen molar-refractivity contribution in [3.8, 4) is 16.9 Å². The number of ether oxygens (including phenoxy) is 1. The molecule has 9 heteroatoms. The van der Waals surface area contributed by atoms with Crippen molar-refractivity contribution in [2.24, 2.45) is 5.92 Å². The van der Waals surface area contributed by atoms with E-state index in [2.05, 4.69) is 39.0 Å². The maximum atomic E-state index is 13.0. The number of urea groups is 1. The molecule has 5 rings (SSSR count). The van der Waals surface area contributed by atoms with Crippen LogP contribution in [-0.2, 0) is 24.3 Å². The van der Waals surface area contributed by atoms with Crippen LogP contribution < -0.4 is 15.4 Å². The molecule has 9 nitrogen and oxygen atoms in total. The number of rotatable bonds is 6. The Hall–Kier alpha value is -3.88. The van der Waals surface area contributed by atoms with E-state index < -0.39 is 0 Å². The first kappa shape index (κ1) is 25.8. The molecule has 2 heterocycles. The van der Waals surface area contributed by atoms with Crippen molar-refractivity contribution in [3.63, 3.8) is 0 Å². The molecule has 0 radical (unpaired) electrons. The number of nitrogens with zero attached hydrogens (tertiary/aromatic N) is 3. The van der Waals surface area contributed by atoms with Crippen LogP contribution in [0.3, 0.4) is 0 Å². The molecule has 2 atom stereocenters. The summed E-state index contributed by atoms with van der Waals surface area (Å²) in [4.78, 5) is 32.1. The van der Waals surface area contributed by atoms with Crippen LogP contribution in [0.25, 0.3) is 11.1 Å². The quantitative estimate of drug-likeness (QED) is 0.503. The SMILES string of the molecule is COc1cccc(-c2ccc(CNC(=O)C3CC3c3nc(C)no3)c3c2CCN(C(=O)NC(C)(C)C)C3)c1. The Bertz CT molecular complexity index is 1360. The molecule has 38 heavy (non-hydrogen) atoms. The average Bonchev–Trinajstić information content (AvgIpc) is 3.58. The number of fused-ring (bicyclic) bond motifs is 1. The van der Waals surface area contributed by atoms with Gasteiger partial charge in [0.25, 0.3) is 0 Å². The number of carbonyl (C=O) groups excluding carboxylic acids is 2. The molecule has 0 bridgehead atoms. The second-order valence-electron chi connectivity index (χ2n) is 11.2. The highest BCUT2D eigenvalue weighted by atomic mass is 16.5. The van der Waals surface area contributed by atoms with Crippen LogP contribution in [0.2, 0.25) is 0 Å². The lowest BCUT2D eigenvalue weighted by molar-refractivity contribution is -0.122. The monoisotopic (exact) mass is 517 g/mol. The van der Waals surface area contributed by atoms with Gasteiger partial charge in [-0.25, -0.2) is 4.79 Å². The van der Waals surface area contributed by atoms with Gasteiger partial charge in [0, 0.05) is 25.2 Å². The number of hydrogen-bond acceptors (Lipinski definition) is 6. The van der Waals surface area contributed by atoms with Crippen molar-refractivity contribution < 1.29 is 18.8 Å². The van der Waals surface area contributed by atoms with Crippen molar-refractivity contribution in [1.82, 2.24) is 25.7 Å². The van der Waals surface area contributed by atoms with Crippen molar-refractivity contribution in [2.75, 3.05) is 13.7 Å². The molecule has 2 aromatic carbocycles. The first-order chi connectivity index (χ1) is 18.1. The van der Waals surface area contributed by atoms with Crippen LogP contribution in [0, 0.1) is 12.8 Å². The van der Waals surface area contributed by atoms with Gasteiger partial charge >= 0.3 is 6.03 Å². The topological polar surface area (TPSA) is 110 Å². The van der Waals surface area contributed by atoms with Gasteiger partial charge in [0.1, 0.15) is 5.75 Å². The molecule has 1 aliphatic heterocycles. The van der Waals surface area contributed by atoms with E-state index in [9.17, 15) is 9.59 Å². The minimum Gasteiger partial charge on any atom is -0.497 e. The summed E-state index contributed by atoms with van der Waals surface area (Å²) in [5, 5.41) is 10.0. The zero-order chi connectivity index (χ0) is 27.0. The smallest absolute Gasteiger partial charge is 0.318 e. The van der Waals surface area contributed by atoms with Gasteiger partial charge in [-0.1, -0.05) is 29.4 Å². The van der Waals surface area contributed by atoms with Crippen molar-refractivity contribution >= 4 is 11.9 Å². The second-order valence-corrected chi connectivity index (χ2v) is 11.2. The van der Waals surface area contributed by atoms with E-state index in [4.69, 9.17) is 9.26 Å². The molecular weight excluding hydrogens is 482 g/mol. The molecule has 0 saturated heterocycles. The summed E-state index contributed by atoms with van der Waals surface area (Å²) in [5.74, 6) is 1.71. The van der Waals surface area contributed by atoms with Gasteiger partial charge in [0.15, 0.2) is 5.82 Å². The molecule has 2 unspecified atom stereocenters. The second kappa shape index (κ2) is 10.1. The molecule has 1 saturated carbocycles. The van der Waals surface area contributed by atoms with Gasteiger partial charge in [0.2, 0.25) is 11.8 Å². The Morgan fingerprint density at radius 1 is 1.18 bits per heavy atom. The summed E-state index contributed by atoms with van der Waals surface area (Å²) in [5.41, 5.74) is 5.17. The standard InChI is InChI=1S/C29H35N5O4/c1-17-31-27(38-33-17)24-14-23(24)26(35)30-15-19-9-10-21(18-7-6-8-20(13-18)37-5)22-11-12-34(16-25(19)22)28(36)32-29(2,3)4/h6-10,13,23-24H,11-12,14-16H2,1-5H3,(H,30,35)(H,32,36). The highest BCUT2D eigenvalue weighted by Gasteiger charge is 2.47. The van der Waals surface area contributed by atoms with Crippen LogP contribution in [0.4, 0.5) is 4.79 Å². The predicted molar refractivity (Wildman–Crippen MR) is 143 cm³/mol. The molecule has 2 N–H and O–H groups in total. The Morgan fingerprint density at radius 2 is 2.00 bits per heavy atom. The minimum atomic E-state index is -0.325. The average molecular weight is 518 g/mol. The van der Waals surface area contributed by atoms with Crippen molar-refractivity contribution in [2.45, 2.75) is 65.1 Å². The molecule has 3 aromatic rings. The number of aromatic nitrogens is 2. The van der Waals surface area contributed by atoms with Crippen LogP contribution in [0.15, 0.2) is 40.9 Å². The molecule has 200 valence electrons. The summed E-state index contributed by atoms with van der Waals surface area (Å²) in [7, 11) is 1.66. The molecule has 1 aromatic heterocycles. The first-order valence-electron chi connectivity index (χ1n) is 13.1. The number of hydrogen-bond donors (Lipinski definition) is 2. The number of benzene rings is 2. The predicted octanol–water partition coefficient (Wildman–Crippen LogP) is 4.34. The van der Waals surface area contributed by atoms with Crippen molar-refractivity contribution in [1.29, 1.82) is 0 Å². The normalized spacial score (nSPS) is 18.5. The van der Waals surface area contributed by atoms with Crippen LogP contribution in [0.1, 0.15) is 61.5 Å². The van der Waals surface area contributed by atoms with Gasteiger partial charge in [-0.2, -0.15) is 4.98 Å². The first-order valence-corrected chi connectivity index (χ1v) is 13.1. The third-order valence-electron chi connectivity index (χ3n) is 7.10. The molecule has 0 spiro atoms. The largest absolute Gasteiger partial charge is 0.497 e. The number of aryl methyl sites for hydroxylation is 1. The molecule has 1 aliphatic carbocycles. The Labute approximate surface area is 222 Å². The Balaban J connectivity index is 1.38. The fourth-order valence-electron chi connectivity index (χ4n) is 5.08. The van der Waals surface area contributed by atoms with Crippen molar-refractivity contribution in [3.05, 3.63) is 64.8 Å². The zero-order valence-corrected chi connectivity index (χ0v) is 22.6. The summed E-state index contributed by atoms with van der Waals surface area (Å²) in [6.45, 7) is 9.19. The summed E-state index contributed by atoms with van der Waals surface area (Å²) in [6, 6.07) is 12.1. The van der Waals surface area contributed by atoms with Gasteiger partial charge < -0.3 is 24.8 Å². The number of nitrogens with one attached hydrogen (secondary N) is 2. The number of amides is 3. The fraction of sp³-hybridized carbons (Fsp3) is 0.448. The molecular formula is C29H35N5O4. The number of methoxy groups -OCH3 is 1. The molecule has 2 aliphatic rings. The van der Waals surface area contributed by atoms with Gasteiger partial charge in [-0.3, -0.25) is 4.79 Å². The Morgan fingerprint density at radius 3 is 2.71 bits per heavy atom. The van der Waals surface area contributed by atoms with E-state index in [1.807, 2.05) is 43.9 Å².